The number of rotatable bonds is 8. The number of carbonyl (C=O) groups is 2. The molecule has 1 aromatic carbocycles. The van der Waals surface area contributed by atoms with Crippen LogP contribution in [0, 0.1) is 5.82 Å². The molecule has 2 aromatic rings. The fraction of sp³-hybridized carbons (Fsp3) is 0.450. The summed E-state index contributed by atoms with van der Waals surface area (Å²) in [5.74, 6) is -1.77. The molecular formula is C20H27FN4O5. The van der Waals surface area contributed by atoms with Crippen LogP contribution in [0.2, 0.25) is 0 Å². The van der Waals surface area contributed by atoms with E-state index in [0.29, 0.717) is 0 Å². The third kappa shape index (κ3) is 5.14. The highest BCUT2D eigenvalue weighted by atomic mass is 19.1. The SMILES string of the molecule is COCOC1CCC(NC(=O)c2[nH]ncc2NC(=O)c2c(F)cccc2OC)CC1.[HH]. The maximum absolute atomic E-state index is 14.1. The average Bonchev–Trinajstić information content (AvgIpc) is 3.21. The number of nitrogens with zero attached hydrogens (tertiary/aromatic N) is 1. The van der Waals surface area contributed by atoms with E-state index < -0.39 is 17.6 Å². The minimum Gasteiger partial charge on any atom is -0.496 e. The molecule has 1 aliphatic carbocycles. The average molecular weight is 422 g/mol. The number of aromatic amines is 1. The summed E-state index contributed by atoms with van der Waals surface area (Å²) in [6.45, 7) is 0.256. The first kappa shape index (κ1) is 21.7. The highest BCUT2D eigenvalue weighted by Gasteiger charge is 2.26. The van der Waals surface area contributed by atoms with Crippen LogP contribution in [0.5, 0.6) is 5.75 Å². The molecule has 1 saturated carbocycles. The number of ether oxygens (including phenoxy) is 3. The first-order chi connectivity index (χ1) is 14.5. The molecule has 1 aromatic heterocycles. The van der Waals surface area contributed by atoms with Crippen LogP contribution in [-0.4, -0.2) is 55.2 Å². The summed E-state index contributed by atoms with van der Waals surface area (Å²) in [7, 11) is 2.92. The third-order valence-corrected chi connectivity index (χ3v) is 4.97. The van der Waals surface area contributed by atoms with E-state index in [2.05, 4.69) is 20.8 Å². The summed E-state index contributed by atoms with van der Waals surface area (Å²) in [5.41, 5.74) is -0.00160. The molecule has 0 unspecified atom stereocenters. The van der Waals surface area contributed by atoms with E-state index in [1.54, 1.807) is 7.11 Å². The van der Waals surface area contributed by atoms with Gasteiger partial charge in [0.2, 0.25) is 0 Å². The van der Waals surface area contributed by atoms with Crippen molar-refractivity contribution in [2.45, 2.75) is 37.8 Å². The van der Waals surface area contributed by atoms with Crippen LogP contribution in [0.15, 0.2) is 24.4 Å². The van der Waals surface area contributed by atoms with E-state index >= 15 is 0 Å². The van der Waals surface area contributed by atoms with Gasteiger partial charge in [-0.15, -0.1) is 0 Å². The van der Waals surface area contributed by atoms with Crippen molar-refractivity contribution in [3.63, 3.8) is 0 Å². The van der Waals surface area contributed by atoms with Crippen molar-refractivity contribution >= 4 is 17.5 Å². The fourth-order valence-electron chi connectivity index (χ4n) is 3.43. The number of halogens is 1. The van der Waals surface area contributed by atoms with Crippen LogP contribution in [-0.2, 0) is 9.47 Å². The lowest BCUT2D eigenvalue weighted by Gasteiger charge is -2.28. The molecule has 1 aliphatic rings. The fourth-order valence-corrected chi connectivity index (χ4v) is 3.43. The number of carbonyl (C=O) groups excluding carboxylic acids is 2. The first-order valence-corrected chi connectivity index (χ1v) is 9.62. The van der Waals surface area contributed by atoms with Gasteiger partial charge in [-0.2, -0.15) is 5.10 Å². The monoisotopic (exact) mass is 422 g/mol. The zero-order valence-corrected chi connectivity index (χ0v) is 16.9. The maximum atomic E-state index is 14.1. The molecule has 164 valence electrons. The van der Waals surface area contributed by atoms with Gasteiger partial charge in [0.25, 0.3) is 11.8 Å². The first-order valence-electron chi connectivity index (χ1n) is 9.62. The van der Waals surface area contributed by atoms with Crippen LogP contribution < -0.4 is 15.4 Å². The van der Waals surface area contributed by atoms with Gasteiger partial charge in [0.1, 0.15) is 29.6 Å². The number of hydrogen-bond acceptors (Lipinski definition) is 6. The Bertz CT molecular complexity index is 886. The maximum Gasteiger partial charge on any atom is 0.271 e. The molecule has 1 fully saturated rings. The molecule has 3 N–H and O–H groups in total. The Morgan fingerprint density at radius 1 is 1.23 bits per heavy atom. The Kier molecular flexibility index (Phi) is 7.36. The van der Waals surface area contributed by atoms with Gasteiger partial charge < -0.3 is 24.8 Å². The van der Waals surface area contributed by atoms with Gasteiger partial charge in [0.15, 0.2) is 0 Å². The molecule has 9 nitrogen and oxygen atoms in total. The van der Waals surface area contributed by atoms with Gasteiger partial charge in [0, 0.05) is 14.6 Å². The number of aromatic nitrogens is 2. The van der Waals surface area contributed by atoms with Crippen LogP contribution >= 0.6 is 0 Å². The normalized spacial score (nSPS) is 18.6. The van der Waals surface area contributed by atoms with Crippen molar-refractivity contribution in [1.29, 1.82) is 0 Å². The third-order valence-electron chi connectivity index (χ3n) is 4.97. The standard InChI is InChI=1S/C20H25FN4O5.H2/c1-28-11-30-13-8-6-12(7-9-13)23-20(27)18-15(10-22-25-18)24-19(26)17-14(21)4-3-5-16(17)29-2;/h3-5,10,12-13H,6-9,11H2,1-2H3,(H,22,25)(H,23,27)(H,24,26);1H. The number of amides is 2. The largest absolute Gasteiger partial charge is 0.496 e. The van der Waals surface area contributed by atoms with E-state index in [-0.39, 0.29) is 43.1 Å². The second kappa shape index (κ2) is 10.2. The number of benzene rings is 1. The number of nitrogens with one attached hydrogen (secondary N) is 3. The van der Waals surface area contributed by atoms with Gasteiger partial charge >= 0.3 is 0 Å². The Morgan fingerprint density at radius 3 is 2.70 bits per heavy atom. The smallest absolute Gasteiger partial charge is 0.271 e. The minimum atomic E-state index is -0.740. The Labute approximate surface area is 174 Å². The molecule has 0 aliphatic heterocycles. The molecule has 1 heterocycles. The van der Waals surface area contributed by atoms with E-state index in [0.717, 1.165) is 31.7 Å². The number of H-pyrrole nitrogens is 1. The molecule has 0 bridgehead atoms. The Hall–Kier alpha value is -2.98. The van der Waals surface area contributed by atoms with E-state index in [1.165, 1.54) is 25.4 Å². The highest BCUT2D eigenvalue weighted by molar-refractivity contribution is 6.09. The summed E-state index contributed by atoms with van der Waals surface area (Å²) in [6, 6.07) is 4.07. The van der Waals surface area contributed by atoms with Crippen LogP contribution in [0.1, 0.15) is 48.0 Å². The van der Waals surface area contributed by atoms with E-state index in [4.69, 9.17) is 14.2 Å². The van der Waals surface area contributed by atoms with Gasteiger partial charge in [0.05, 0.1) is 25.1 Å². The number of methoxy groups -OCH3 is 2. The lowest BCUT2D eigenvalue weighted by Crippen LogP contribution is -2.39. The van der Waals surface area contributed by atoms with Gasteiger partial charge in [-0.3, -0.25) is 14.7 Å². The molecule has 0 saturated heterocycles. The van der Waals surface area contributed by atoms with Crippen molar-refractivity contribution in [3.05, 3.63) is 41.5 Å². The second-order valence-corrected chi connectivity index (χ2v) is 6.95. The van der Waals surface area contributed by atoms with Crippen LogP contribution in [0.4, 0.5) is 10.1 Å². The van der Waals surface area contributed by atoms with E-state index in [1.807, 2.05) is 0 Å². The summed E-state index contributed by atoms with van der Waals surface area (Å²) in [4.78, 5) is 25.2. The topological polar surface area (TPSA) is 115 Å². The highest BCUT2D eigenvalue weighted by Crippen LogP contribution is 2.24. The summed E-state index contributed by atoms with van der Waals surface area (Å²) < 4.78 is 29.7. The van der Waals surface area contributed by atoms with Crippen molar-refractivity contribution in [3.8, 4) is 5.75 Å². The van der Waals surface area contributed by atoms with Crippen LogP contribution in [0.3, 0.4) is 0 Å². The van der Waals surface area contributed by atoms with Gasteiger partial charge in [-0.05, 0) is 37.8 Å². The summed E-state index contributed by atoms with van der Waals surface area (Å²) in [6.07, 6.45) is 4.58. The van der Waals surface area contributed by atoms with Crippen LogP contribution in [0.25, 0.3) is 0 Å². The van der Waals surface area contributed by atoms with Crippen molar-refractivity contribution < 1.29 is 29.6 Å². The van der Waals surface area contributed by atoms with Crippen molar-refractivity contribution in [2.24, 2.45) is 0 Å². The molecule has 0 radical (unpaired) electrons. The molecule has 3 rings (SSSR count). The predicted molar refractivity (Wildman–Crippen MR) is 108 cm³/mol. The molecular weight excluding hydrogens is 395 g/mol. The second-order valence-electron chi connectivity index (χ2n) is 6.95. The van der Waals surface area contributed by atoms with Gasteiger partial charge in [-0.1, -0.05) is 6.07 Å². The van der Waals surface area contributed by atoms with Crippen molar-refractivity contribution in [2.75, 3.05) is 26.3 Å². The Balaban J connectivity index is 0.00000341. The molecule has 10 heteroatoms. The number of anilines is 1. The van der Waals surface area contributed by atoms with Crippen molar-refractivity contribution in [1.82, 2.24) is 15.5 Å². The van der Waals surface area contributed by atoms with E-state index in [9.17, 15) is 14.0 Å². The quantitative estimate of drug-likeness (QED) is 0.564. The molecule has 2 amide bonds. The lowest BCUT2D eigenvalue weighted by molar-refractivity contribution is -0.0837. The zero-order chi connectivity index (χ0) is 21.5. The molecule has 30 heavy (non-hydrogen) atoms. The zero-order valence-electron chi connectivity index (χ0n) is 16.9. The summed E-state index contributed by atoms with van der Waals surface area (Å²) in [5, 5.41) is 11.9. The predicted octanol–water partition coefficient (Wildman–Crippen LogP) is 2.72. The lowest BCUT2D eigenvalue weighted by atomic mass is 9.93. The molecule has 0 atom stereocenters. The summed E-state index contributed by atoms with van der Waals surface area (Å²) >= 11 is 0. The minimum absolute atomic E-state index is 0. The van der Waals surface area contributed by atoms with Gasteiger partial charge in [-0.25, -0.2) is 4.39 Å². The Morgan fingerprint density at radius 2 is 2.00 bits per heavy atom. The number of hydrogen-bond donors (Lipinski definition) is 3. The molecule has 0 spiro atoms.